The summed E-state index contributed by atoms with van der Waals surface area (Å²) >= 11 is 1.69. The summed E-state index contributed by atoms with van der Waals surface area (Å²) in [6.07, 6.45) is 2.98. The topological polar surface area (TPSA) is 140 Å². The van der Waals surface area contributed by atoms with Crippen LogP contribution in [0.4, 0.5) is 5.69 Å². The Labute approximate surface area is 236 Å². The number of primary amides is 1. The number of piperidine rings is 1. The van der Waals surface area contributed by atoms with Gasteiger partial charge in [-0.2, -0.15) is 0 Å². The molecule has 4 heterocycles. The van der Waals surface area contributed by atoms with Gasteiger partial charge in [-0.25, -0.2) is 9.97 Å². The Balaban J connectivity index is 1.38. The predicted molar refractivity (Wildman–Crippen MR) is 151 cm³/mol. The van der Waals surface area contributed by atoms with Crippen molar-refractivity contribution in [3.63, 3.8) is 0 Å². The van der Waals surface area contributed by atoms with E-state index in [1.165, 1.54) is 19.4 Å². The van der Waals surface area contributed by atoms with Gasteiger partial charge in [0.05, 0.1) is 53.9 Å². The van der Waals surface area contributed by atoms with E-state index in [2.05, 4.69) is 42.3 Å². The molecule has 12 heteroatoms. The zero-order valence-corrected chi connectivity index (χ0v) is 23.9. The number of nitrogens with zero attached hydrogens (tertiary/aromatic N) is 4. The first-order valence-corrected chi connectivity index (χ1v) is 14.0. The number of anilines is 1. The summed E-state index contributed by atoms with van der Waals surface area (Å²) in [6.45, 7) is 4.69. The van der Waals surface area contributed by atoms with E-state index in [1.807, 2.05) is 12.1 Å². The van der Waals surface area contributed by atoms with E-state index in [1.54, 1.807) is 16.2 Å². The highest BCUT2D eigenvalue weighted by Gasteiger charge is 2.43. The van der Waals surface area contributed by atoms with Crippen molar-refractivity contribution < 1.29 is 23.9 Å². The molecule has 2 aliphatic heterocycles. The van der Waals surface area contributed by atoms with Gasteiger partial charge in [-0.1, -0.05) is 13.0 Å². The molecule has 2 atom stereocenters. The van der Waals surface area contributed by atoms with Crippen molar-refractivity contribution in [2.24, 2.45) is 11.7 Å². The maximum Gasteiger partial charge on any atom is 0.313 e. The first-order valence-electron chi connectivity index (χ1n) is 13.2. The molecule has 2 aromatic heterocycles. The number of carbonyl (C=O) groups excluding carboxylic acids is 3. The third-order valence-electron chi connectivity index (χ3n) is 7.47. The highest BCUT2D eigenvalue weighted by molar-refractivity contribution is 7.18. The fraction of sp³-hybridized carbons (Fsp3) is 0.464. The molecule has 0 unspecified atom stereocenters. The van der Waals surface area contributed by atoms with Gasteiger partial charge in [0.15, 0.2) is 0 Å². The number of carbonyl (C=O) groups is 3. The van der Waals surface area contributed by atoms with Crippen LogP contribution in [0.3, 0.4) is 0 Å². The molecule has 3 aromatic rings. The van der Waals surface area contributed by atoms with E-state index in [9.17, 15) is 14.4 Å². The summed E-state index contributed by atoms with van der Waals surface area (Å²) in [7, 11) is 5.47. The standard InChI is InChI=1S/C28H34N6O5S/c1-16-5-7-21(17-6-8-22-20(9-17)32-27(40-22)28(13-33(2)3)14-39-15-28)34(12-16)26(37)24(36)31-18-10-19(23(29)35)25(38-4)30-11-18/h6,8-11,16,21H,5,7,12-15H2,1-4H3,(H2,29,35)(H,31,36)/t16-,21+/m0/s1. The number of pyridine rings is 1. The second-order valence-electron chi connectivity index (χ2n) is 11.0. The molecule has 3 amide bonds. The number of ether oxygens (including phenoxy) is 2. The molecule has 2 fully saturated rings. The average Bonchev–Trinajstić information content (AvgIpc) is 3.33. The van der Waals surface area contributed by atoms with Crippen molar-refractivity contribution in [3.8, 4) is 5.88 Å². The van der Waals surface area contributed by atoms with Crippen molar-refractivity contribution in [1.29, 1.82) is 0 Å². The maximum absolute atomic E-state index is 13.5. The summed E-state index contributed by atoms with van der Waals surface area (Å²) in [4.78, 5) is 51.1. The second kappa shape index (κ2) is 11.1. The Morgan fingerprint density at radius 2 is 2.02 bits per heavy atom. The molecular formula is C28H34N6O5S. The lowest BCUT2D eigenvalue weighted by Gasteiger charge is -2.41. The first-order chi connectivity index (χ1) is 19.1. The fourth-order valence-electron chi connectivity index (χ4n) is 5.51. The number of nitrogens with one attached hydrogen (secondary N) is 1. The van der Waals surface area contributed by atoms with Crippen LogP contribution in [0.5, 0.6) is 5.88 Å². The van der Waals surface area contributed by atoms with Gasteiger partial charge in [0.2, 0.25) is 5.88 Å². The molecule has 0 spiro atoms. The van der Waals surface area contributed by atoms with Crippen LogP contribution in [0.25, 0.3) is 10.2 Å². The Bertz CT molecular complexity index is 1450. The molecule has 11 nitrogen and oxygen atoms in total. The largest absolute Gasteiger partial charge is 0.480 e. The van der Waals surface area contributed by atoms with Crippen LogP contribution in [0.1, 0.15) is 46.7 Å². The molecule has 0 bridgehead atoms. The molecule has 40 heavy (non-hydrogen) atoms. The minimum absolute atomic E-state index is 0.00831. The minimum atomic E-state index is -0.811. The van der Waals surface area contributed by atoms with Crippen molar-refractivity contribution >= 4 is 45.0 Å². The Morgan fingerprint density at radius 3 is 2.67 bits per heavy atom. The first kappa shape index (κ1) is 27.9. The van der Waals surface area contributed by atoms with Crippen LogP contribution in [-0.4, -0.2) is 85.0 Å². The van der Waals surface area contributed by atoms with Gasteiger partial charge < -0.3 is 30.3 Å². The summed E-state index contributed by atoms with van der Waals surface area (Å²) in [5.41, 5.74) is 7.33. The summed E-state index contributed by atoms with van der Waals surface area (Å²) in [5, 5.41) is 3.63. The summed E-state index contributed by atoms with van der Waals surface area (Å²) in [5.74, 6) is -1.93. The number of amides is 3. The molecular weight excluding hydrogens is 532 g/mol. The van der Waals surface area contributed by atoms with Gasteiger partial charge in [0.1, 0.15) is 10.6 Å². The Hall–Kier alpha value is -3.61. The number of hydrogen-bond donors (Lipinski definition) is 2. The van der Waals surface area contributed by atoms with Gasteiger partial charge in [-0.3, -0.25) is 14.4 Å². The van der Waals surface area contributed by atoms with E-state index >= 15 is 0 Å². The fourth-order valence-corrected chi connectivity index (χ4v) is 6.61. The monoisotopic (exact) mass is 566 g/mol. The third kappa shape index (κ3) is 5.38. The van der Waals surface area contributed by atoms with Gasteiger partial charge in [-0.15, -0.1) is 11.3 Å². The zero-order valence-electron chi connectivity index (χ0n) is 23.1. The van der Waals surface area contributed by atoms with Crippen LogP contribution >= 0.6 is 11.3 Å². The van der Waals surface area contributed by atoms with Crippen molar-refractivity contribution in [2.45, 2.75) is 31.2 Å². The maximum atomic E-state index is 13.5. The number of methoxy groups -OCH3 is 1. The number of fused-ring (bicyclic) bond motifs is 1. The number of likely N-dealkylation sites (N-methyl/N-ethyl adjacent to an activating group) is 1. The zero-order chi connectivity index (χ0) is 28.6. The molecule has 2 aliphatic rings. The Kier molecular flexibility index (Phi) is 7.76. The van der Waals surface area contributed by atoms with Crippen LogP contribution in [0.15, 0.2) is 30.5 Å². The lowest BCUT2D eigenvalue weighted by Crippen LogP contribution is -2.53. The SMILES string of the molecule is COc1ncc(NC(=O)C(=O)N2C[C@@H](C)CC[C@@H]2c2ccc3sc(C4(CN(C)C)COC4)nc3c2)cc1C(N)=O. The quantitative estimate of drug-likeness (QED) is 0.416. The smallest absolute Gasteiger partial charge is 0.313 e. The number of aromatic nitrogens is 2. The molecule has 2 saturated heterocycles. The Morgan fingerprint density at radius 1 is 1.25 bits per heavy atom. The lowest BCUT2D eigenvalue weighted by molar-refractivity contribution is -0.146. The van der Waals surface area contributed by atoms with Crippen molar-refractivity contribution in [1.82, 2.24) is 19.8 Å². The highest BCUT2D eigenvalue weighted by atomic mass is 32.1. The number of benzene rings is 1. The number of hydrogen-bond acceptors (Lipinski definition) is 9. The molecule has 0 saturated carbocycles. The summed E-state index contributed by atoms with van der Waals surface area (Å²) in [6, 6.07) is 7.22. The van der Waals surface area contributed by atoms with Gasteiger partial charge in [-0.05, 0) is 56.6 Å². The van der Waals surface area contributed by atoms with Crippen LogP contribution in [0, 0.1) is 5.92 Å². The molecule has 0 aliphatic carbocycles. The average molecular weight is 567 g/mol. The molecule has 3 N–H and O–H groups in total. The molecule has 212 valence electrons. The highest BCUT2D eigenvalue weighted by Crippen LogP contribution is 2.40. The number of rotatable bonds is 7. The van der Waals surface area contributed by atoms with Gasteiger partial charge >= 0.3 is 11.8 Å². The van der Waals surface area contributed by atoms with Crippen molar-refractivity contribution in [2.75, 3.05) is 52.8 Å². The van der Waals surface area contributed by atoms with E-state index in [0.717, 1.165) is 40.2 Å². The minimum Gasteiger partial charge on any atom is -0.480 e. The van der Waals surface area contributed by atoms with Crippen LogP contribution < -0.4 is 15.8 Å². The molecule has 1 aromatic carbocycles. The van der Waals surface area contributed by atoms with Gasteiger partial charge in [0, 0.05) is 13.1 Å². The number of nitrogens with two attached hydrogens (primary N) is 1. The van der Waals surface area contributed by atoms with Crippen molar-refractivity contribution in [3.05, 3.63) is 46.6 Å². The van der Waals surface area contributed by atoms with Crippen LogP contribution in [0.2, 0.25) is 0 Å². The van der Waals surface area contributed by atoms with Gasteiger partial charge in [0.25, 0.3) is 5.91 Å². The van der Waals surface area contributed by atoms with Crippen LogP contribution in [-0.2, 0) is 19.7 Å². The number of likely N-dealkylation sites (tertiary alicyclic amines) is 1. The molecule has 0 radical (unpaired) electrons. The normalized spacial score (nSPS) is 20.3. The molecule has 5 rings (SSSR count). The second-order valence-corrected chi connectivity index (χ2v) is 12.0. The lowest BCUT2D eigenvalue weighted by atomic mass is 9.86. The van der Waals surface area contributed by atoms with E-state index < -0.39 is 17.7 Å². The van der Waals surface area contributed by atoms with E-state index in [-0.39, 0.29) is 34.5 Å². The number of thiazole rings is 1. The summed E-state index contributed by atoms with van der Waals surface area (Å²) < 4.78 is 11.7. The third-order valence-corrected chi connectivity index (χ3v) is 8.75. The van der Waals surface area contributed by atoms with E-state index in [0.29, 0.717) is 19.8 Å². The predicted octanol–water partition coefficient (Wildman–Crippen LogP) is 2.57. The van der Waals surface area contributed by atoms with E-state index in [4.69, 9.17) is 20.2 Å².